The first kappa shape index (κ1) is 14.7. The van der Waals surface area contributed by atoms with Crippen molar-refractivity contribution in [2.45, 2.75) is 18.8 Å². The Labute approximate surface area is 138 Å². The van der Waals surface area contributed by atoms with Gasteiger partial charge in [-0.2, -0.15) is 0 Å². The second-order valence-electron chi connectivity index (χ2n) is 5.10. The van der Waals surface area contributed by atoms with Crippen LogP contribution in [0.5, 0.6) is 0 Å². The summed E-state index contributed by atoms with van der Waals surface area (Å²) in [5.41, 5.74) is 2.14. The Kier molecular flexibility index (Phi) is 4.70. The van der Waals surface area contributed by atoms with E-state index in [0.717, 1.165) is 52.5 Å². The van der Waals surface area contributed by atoms with Gasteiger partial charge in [-0.05, 0) is 35.4 Å². The molecular formula is C16H18IN3O. The van der Waals surface area contributed by atoms with Gasteiger partial charge in [0.1, 0.15) is 11.6 Å². The summed E-state index contributed by atoms with van der Waals surface area (Å²) in [4.78, 5) is 9.58. The summed E-state index contributed by atoms with van der Waals surface area (Å²) >= 11 is 2.32. The number of rotatable bonds is 3. The van der Waals surface area contributed by atoms with Gasteiger partial charge in [-0.1, -0.05) is 30.3 Å². The molecule has 3 rings (SSSR count). The van der Waals surface area contributed by atoms with Gasteiger partial charge in [-0.3, -0.25) is 0 Å². The Morgan fingerprint density at radius 1 is 1.14 bits per heavy atom. The molecule has 0 radical (unpaired) electrons. The molecule has 0 spiro atoms. The Morgan fingerprint density at radius 3 is 2.52 bits per heavy atom. The molecule has 1 aromatic carbocycles. The van der Waals surface area contributed by atoms with E-state index in [1.807, 2.05) is 25.2 Å². The number of ether oxygens (including phenoxy) is 1. The first-order chi connectivity index (χ1) is 10.3. The first-order valence-electron chi connectivity index (χ1n) is 7.18. The van der Waals surface area contributed by atoms with E-state index in [0.29, 0.717) is 5.92 Å². The lowest BCUT2D eigenvalue weighted by Crippen LogP contribution is -2.17. The third kappa shape index (κ3) is 3.18. The van der Waals surface area contributed by atoms with Crippen molar-refractivity contribution in [3.05, 3.63) is 39.7 Å². The summed E-state index contributed by atoms with van der Waals surface area (Å²) in [6, 6.07) is 10.3. The van der Waals surface area contributed by atoms with Gasteiger partial charge in [0.25, 0.3) is 0 Å². The normalized spacial score (nSPS) is 15.9. The number of aromatic nitrogens is 2. The molecule has 0 atom stereocenters. The van der Waals surface area contributed by atoms with Gasteiger partial charge in [-0.25, -0.2) is 9.97 Å². The van der Waals surface area contributed by atoms with Crippen LogP contribution in [-0.2, 0) is 4.74 Å². The van der Waals surface area contributed by atoms with Gasteiger partial charge in [0, 0.05) is 31.7 Å². The molecule has 0 saturated carbocycles. The van der Waals surface area contributed by atoms with Crippen molar-refractivity contribution in [3.63, 3.8) is 0 Å². The minimum Gasteiger partial charge on any atom is -0.381 e. The summed E-state index contributed by atoms with van der Waals surface area (Å²) in [6.45, 7) is 1.60. The zero-order valence-corrected chi connectivity index (χ0v) is 14.1. The molecule has 0 unspecified atom stereocenters. The Balaban J connectivity index is 2.06. The van der Waals surface area contributed by atoms with Crippen molar-refractivity contribution >= 4 is 28.4 Å². The summed E-state index contributed by atoms with van der Waals surface area (Å²) < 4.78 is 6.51. The highest BCUT2D eigenvalue weighted by atomic mass is 127. The van der Waals surface area contributed by atoms with Crippen LogP contribution < -0.4 is 5.32 Å². The first-order valence-corrected chi connectivity index (χ1v) is 8.26. The maximum atomic E-state index is 5.44. The minimum absolute atomic E-state index is 0.394. The zero-order chi connectivity index (χ0) is 14.7. The van der Waals surface area contributed by atoms with Crippen molar-refractivity contribution in [1.82, 2.24) is 9.97 Å². The fourth-order valence-corrected chi connectivity index (χ4v) is 3.38. The number of hydrogen-bond donors (Lipinski definition) is 1. The number of nitrogens with zero attached hydrogens (tertiary/aromatic N) is 2. The summed E-state index contributed by atoms with van der Waals surface area (Å²) in [5.74, 6) is 2.23. The van der Waals surface area contributed by atoms with Crippen molar-refractivity contribution in [2.24, 2.45) is 0 Å². The van der Waals surface area contributed by atoms with Crippen molar-refractivity contribution < 1.29 is 4.74 Å². The summed E-state index contributed by atoms with van der Waals surface area (Å²) in [7, 11) is 1.91. The second-order valence-corrected chi connectivity index (χ2v) is 6.17. The topological polar surface area (TPSA) is 47.0 Å². The highest BCUT2D eigenvalue weighted by Gasteiger charge is 2.22. The quantitative estimate of drug-likeness (QED) is 0.806. The number of nitrogens with one attached hydrogen (secondary N) is 1. The predicted molar refractivity (Wildman–Crippen MR) is 92.5 cm³/mol. The highest BCUT2D eigenvalue weighted by Crippen LogP contribution is 2.32. The van der Waals surface area contributed by atoms with Gasteiger partial charge in [0.15, 0.2) is 0 Å². The summed E-state index contributed by atoms with van der Waals surface area (Å²) in [6.07, 6.45) is 2.00. The van der Waals surface area contributed by atoms with Crippen LogP contribution >= 0.6 is 22.6 Å². The number of anilines is 1. The van der Waals surface area contributed by atoms with Gasteiger partial charge in [-0.15, -0.1) is 0 Å². The Hall–Kier alpha value is -1.21. The average Bonchev–Trinajstić information content (AvgIpc) is 2.56. The maximum absolute atomic E-state index is 5.44. The van der Waals surface area contributed by atoms with E-state index < -0.39 is 0 Å². The third-order valence-corrected chi connectivity index (χ3v) is 4.76. The van der Waals surface area contributed by atoms with Crippen LogP contribution in [0.25, 0.3) is 11.3 Å². The lowest BCUT2D eigenvalue weighted by atomic mass is 9.99. The van der Waals surface area contributed by atoms with E-state index in [9.17, 15) is 0 Å². The number of benzene rings is 1. The van der Waals surface area contributed by atoms with Crippen LogP contribution in [-0.4, -0.2) is 30.2 Å². The van der Waals surface area contributed by atoms with E-state index in [2.05, 4.69) is 40.0 Å². The van der Waals surface area contributed by atoms with Gasteiger partial charge in [0.2, 0.25) is 0 Å². The standard InChI is InChI=1S/C16H18IN3O/c1-18-16-13(17)14(11-5-3-2-4-6-11)19-15(20-16)12-7-9-21-10-8-12/h2-6,12H,7-10H2,1H3,(H,18,19,20). The molecule has 21 heavy (non-hydrogen) atoms. The van der Waals surface area contributed by atoms with Gasteiger partial charge >= 0.3 is 0 Å². The van der Waals surface area contributed by atoms with E-state index in [1.54, 1.807) is 0 Å². The SMILES string of the molecule is CNc1nc(C2CCOCC2)nc(-c2ccccc2)c1I. The highest BCUT2D eigenvalue weighted by molar-refractivity contribution is 14.1. The van der Waals surface area contributed by atoms with Crippen LogP contribution in [0.4, 0.5) is 5.82 Å². The molecule has 0 bridgehead atoms. The largest absolute Gasteiger partial charge is 0.381 e. The van der Waals surface area contributed by atoms with Crippen molar-refractivity contribution in [3.8, 4) is 11.3 Å². The van der Waals surface area contributed by atoms with E-state index in [-0.39, 0.29) is 0 Å². The number of halogens is 1. The lowest BCUT2D eigenvalue weighted by Gasteiger charge is -2.22. The molecule has 110 valence electrons. The molecule has 1 aromatic heterocycles. The van der Waals surface area contributed by atoms with Gasteiger partial charge < -0.3 is 10.1 Å². The molecule has 1 aliphatic rings. The van der Waals surface area contributed by atoms with Crippen molar-refractivity contribution in [2.75, 3.05) is 25.6 Å². The molecule has 1 aliphatic heterocycles. The fourth-order valence-electron chi connectivity index (χ4n) is 2.56. The monoisotopic (exact) mass is 395 g/mol. The smallest absolute Gasteiger partial charge is 0.143 e. The van der Waals surface area contributed by atoms with E-state index in [1.165, 1.54) is 0 Å². The average molecular weight is 395 g/mol. The molecule has 1 fully saturated rings. The summed E-state index contributed by atoms with van der Waals surface area (Å²) in [5, 5.41) is 3.20. The predicted octanol–water partition coefficient (Wildman–Crippen LogP) is 3.68. The molecule has 5 heteroatoms. The zero-order valence-electron chi connectivity index (χ0n) is 12.0. The van der Waals surface area contributed by atoms with Crippen LogP contribution in [0.3, 0.4) is 0 Å². The molecule has 2 aromatic rings. The molecule has 1 saturated heterocycles. The Morgan fingerprint density at radius 2 is 1.86 bits per heavy atom. The Bertz CT molecular complexity index is 612. The fraction of sp³-hybridized carbons (Fsp3) is 0.375. The second kappa shape index (κ2) is 6.70. The van der Waals surface area contributed by atoms with Crippen LogP contribution in [0.2, 0.25) is 0 Å². The molecule has 2 heterocycles. The van der Waals surface area contributed by atoms with Crippen LogP contribution in [0.15, 0.2) is 30.3 Å². The van der Waals surface area contributed by atoms with Crippen LogP contribution in [0.1, 0.15) is 24.6 Å². The maximum Gasteiger partial charge on any atom is 0.143 e. The van der Waals surface area contributed by atoms with E-state index >= 15 is 0 Å². The molecule has 0 aliphatic carbocycles. The lowest BCUT2D eigenvalue weighted by molar-refractivity contribution is 0.0836. The van der Waals surface area contributed by atoms with E-state index in [4.69, 9.17) is 14.7 Å². The third-order valence-electron chi connectivity index (χ3n) is 3.74. The minimum atomic E-state index is 0.394. The van der Waals surface area contributed by atoms with Gasteiger partial charge in [0.05, 0.1) is 9.26 Å². The molecule has 1 N–H and O–H groups in total. The van der Waals surface area contributed by atoms with Crippen molar-refractivity contribution in [1.29, 1.82) is 0 Å². The number of hydrogen-bond acceptors (Lipinski definition) is 4. The molecule has 0 amide bonds. The molecule has 4 nitrogen and oxygen atoms in total. The molecular weight excluding hydrogens is 377 g/mol. The van der Waals surface area contributed by atoms with Crippen LogP contribution in [0, 0.1) is 3.57 Å².